The second-order valence-corrected chi connectivity index (χ2v) is 5.12. The van der Waals surface area contributed by atoms with E-state index in [0.29, 0.717) is 6.54 Å². The van der Waals surface area contributed by atoms with E-state index >= 15 is 0 Å². The van der Waals surface area contributed by atoms with Gasteiger partial charge in [0, 0.05) is 0 Å². The van der Waals surface area contributed by atoms with Gasteiger partial charge in [-0.25, -0.2) is 0 Å². The molecule has 1 aromatic carbocycles. The van der Waals surface area contributed by atoms with Crippen LogP contribution in [-0.2, 0) is 6.18 Å². The maximum atomic E-state index is 12.6. The molecule has 20 heavy (non-hydrogen) atoms. The Labute approximate surface area is 119 Å². The molecular weight excluding hydrogens is 287 g/mol. The van der Waals surface area contributed by atoms with E-state index in [1.807, 2.05) is 13.8 Å². The summed E-state index contributed by atoms with van der Waals surface area (Å²) in [6, 6.07) is 5.01. The standard InChI is InChI=1S/C13H14F3N3S/c1-3-17-11(12-8(2)18-19-20-12)9-4-6-10(7-5-9)13(14,15)16/h4-7,11,17H,3H2,1-2H3. The number of nitrogens with zero attached hydrogens (tertiary/aromatic N) is 2. The smallest absolute Gasteiger partial charge is 0.306 e. The number of rotatable bonds is 4. The van der Waals surface area contributed by atoms with Crippen molar-refractivity contribution in [1.82, 2.24) is 14.9 Å². The van der Waals surface area contributed by atoms with E-state index in [4.69, 9.17) is 0 Å². The lowest BCUT2D eigenvalue weighted by atomic mass is 10.0. The molecule has 1 N–H and O–H groups in total. The molecule has 1 unspecified atom stereocenters. The van der Waals surface area contributed by atoms with Gasteiger partial charge in [-0.15, -0.1) is 5.10 Å². The van der Waals surface area contributed by atoms with Crippen molar-refractivity contribution in [1.29, 1.82) is 0 Å². The summed E-state index contributed by atoms with van der Waals surface area (Å²) in [6.45, 7) is 4.48. The molecule has 0 saturated heterocycles. The van der Waals surface area contributed by atoms with Crippen molar-refractivity contribution in [3.8, 4) is 0 Å². The fourth-order valence-corrected chi connectivity index (χ4v) is 2.68. The van der Waals surface area contributed by atoms with Crippen LogP contribution in [-0.4, -0.2) is 16.1 Å². The predicted molar refractivity (Wildman–Crippen MR) is 71.6 cm³/mol. The van der Waals surface area contributed by atoms with Gasteiger partial charge in [-0.05, 0) is 42.7 Å². The third kappa shape index (κ3) is 3.16. The molecule has 0 bridgehead atoms. The minimum Gasteiger partial charge on any atom is -0.306 e. The Hall–Kier alpha value is -1.47. The molecule has 0 radical (unpaired) electrons. The maximum Gasteiger partial charge on any atom is 0.416 e. The first-order valence-electron chi connectivity index (χ1n) is 6.13. The molecule has 1 heterocycles. The Morgan fingerprint density at radius 1 is 1.25 bits per heavy atom. The Morgan fingerprint density at radius 3 is 2.35 bits per heavy atom. The lowest BCUT2D eigenvalue weighted by Crippen LogP contribution is -2.22. The predicted octanol–water partition coefficient (Wildman–Crippen LogP) is 3.56. The highest BCUT2D eigenvalue weighted by molar-refractivity contribution is 7.05. The van der Waals surface area contributed by atoms with Crippen molar-refractivity contribution < 1.29 is 13.2 Å². The van der Waals surface area contributed by atoms with Crippen LogP contribution < -0.4 is 5.32 Å². The van der Waals surface area contributed by atoms with Crippen LogP contribution in [0.1, 0.15) is 34.7 Å². The van der Waals surface area contributed by atoms with Gasteiger partial charge in [-0.1, -0.05) is 23.5 Å². The number of benzene rings is 1. The van der Waals surface area contributed by atoms with Crippen molar-refractivity contribution >= 4 is 11.5 Å². The molecule has 0 fully saturated rings. The summed E-state index contributed by atoms with van der Waals surface area (Å²) in [5, 5.41) is 7.20. The normalized spacial score (nSPS) is 13.4. The number of aromatic nitrogens is 2. The maximum absolute atomic E-state index is 12.6. The fourth-order valence-electron chi connectivity index (χ4n) is 1.93. The van der Waals surface area contributed by atoms with Gasteiger partial charge < -0.3 is 5.32 Å². The van der Waals surface area contributed by atoms with Crippen LogP contribution in [0.15, 0.2) is 24.3 Å². The second kappa shape index (κ2) is 5.88. The number of hydrogen-bond acceptors (Lipinski definition) is 4. The first kappa shape index (κ1) is 14.9. The van der Waals surface area contributed by atoms with E-state index in [1.165, 1.54) is 23.7 Å². The zero-order valence-corrected chi connectivity index (χ0v) is 11.8. The first-order chi connectivity index (χ1) is 9.43. The zero-order valence-electron chi connectivity index (χ0n) is 11.0. The van der Waals surface area contributed by atoms with Crippen LogP contribution >= 0.6 is 11.5 Å². The highest BCUT2D eigenvalue weighted by atomic mass is 32.1. The molecule has 0 aliphatic carbocycles. The average Bonchev–Trinajstić information content (AvgIpc) is 2.81. The summed E-state index contributed by atoms with van der Waals surface area (Å²) in [7, 11) is 0. The summed E-state index contributed by atoms with van der Waals surface area (Å²) in [6.07, 6.45) is -4.31. The monoisotopic (exact) mass is 301 g/mol. The molecule has 3 nitrogen and oxygen atoms in total. The lowest BCUT2D eigenvalue weighted by Gasteiger charge is -2.17. The average molecular weight is 301 g/mol. The third-order valence-electron chi connectivity index (χ3n) is 2.93. The minimum atomic E-state index is -4.31. The van der Waals surface area contributed by atoms with Crippen LogP contribution in [0.2, 0.25) is 0 Å². The highest BCUT2D eigenvalue weighted by Crippen LogP contribution is 2.32. The summed E-state index contributed by atoms with van der Waals surface area (Å²) in [5.74, 6) is 0. The van der Waals surface area contributed by atoms with E-state index in [0.717, 1.165) is 28.3 Å². The van der Waals surface area contributed by atoms with Gasteiger partial charge in [0.1, 0.15) is 0 Å². The SMILES string of the molecule is CCNC(c1ccc(C(F)(F)F)cc1)c1snnc1C. The van der Waals surface area contributed by atoms with Crippen molar-refractivity contribution in [3.63, 3.8) is 0 Å². The second-order valence-electron chi connectivity index (χ2n) is 4.33. The largest absolute Gasteiger partial charge is 0.416 e. The van der Waals surface area contributed by atoms with Crippen LogP contribution in [0.25, 0.3) is 0 Å². The molecule has 0 amide bonds. The van der Waals surface area contributed by atoms with Crippen LogP contribution in [0.4, 0.5) is 13.2 Å². The highest BCUT2D eigenvalue weighted by Gasteiger charge is 2.30. The zero-order chi connectivity index (χ0) is 14.8. The summed E-state index contributed by atoms with van der Waals surface area (Å²) in [5.41, 5.74) is 0.922. The summed E-state index contributed by atoms with van der Waals surface area (Å²) < 4.78 is 41.6. The van der Waals surface area contributed by atoms with Crippen molar-refractivity contribution in [2.45, 2.75) is 26.1 Å². The van der Waals surface area contributed by atoms with Crippen LogP contribution in [0, 0.1) is 6.92 Å². The molecule has 0 aliphatic heterocycles. The topological polar surface area (TPSA) is 37.8 Å². The molecule has 1 atom stereocenters. The van der Waals surface area contributed by atoms with Gasteiger partial charge in [0.05, 0.1) is 22.2 Å². The van der Waals surface area contributed by atoms with E-state index in [-0.39, 0.29) is 6.04 Å². The molecule has 1 aromatic heterocycles. The molecule has 0 spiro atoms. The van der Waals surface area contributed by atoms with Gasteiger partial charge in [0.2, 0.25) is 0 Å². The lowest BCUT2D eigenvalue weighted by molar-refractivity contribution is -0.137. The van der Waals surface area contributed by atoms with Crippen molar-refractivity contribution in [3.05, 3.63) is 46.0 Å². The number of hydrogen-bond donors (Lipinski definition) is 1. The van der Waals surface area contributed by atoms with Gasteiger partial charge >= 0.3 is 6.18 Å². The van der Waals surface area contributed by atoms with E-state index in [1.54, 1.807) is 0 Å². The quantitative estimate of drug-likeness (QED) is 0.938. The summed E-state index contributed by atoms with van der Waals surface area (Å²) >= 11 is 1.26. The first-order valence-corrected chi connectivity index (χ1v) is 6.90. The Balaban J connectivity index is 2.33. The molecular formula is C13H14F3N3S. The van der Waals surface area contributed by atoms with Crippen molar-refractivity contribution in [2.75, 3.05) is 6.54 Å². The number of nitrogens with one attached hydrogen (secondary N) is 1. The minimum absolute atomic E-state index is 0.178. The van der Waals surface area contributed by atoms with Crippen LogP contribution in [0.5, 0.6) is 0 Å². The number of aryl methyl sites for hydroxylation is 1. The molecule has 108 valence electrons. The fraction of sp³-hybridized carbons (Fsp3) is 0.385. The molecule has 2 aromatic rings. The van der Waals surface area contributed by atoms with Gasteiger partial charge in [0.15, 0.2) is 0 Å². The number of alkyl halides is 3. The molecule has 0 saturated carbocycles. The van der Waals surface area contributed by atoms with Gasteiger partial charge in [0.25, 0.3) is 0 Å². The van der Waals surface area contributed by atoms with E-state index in [2.05, 4.69) is 14.9 Å². The molecule has 7 heteroatoms. The molecule has 0 aliphatic rings. The van der Waals surface area contributed by atoms with Crippen molar-refractivity contribution in [2.24, 2.45) is 0 Å². The Kier molecular flexibility index (Phi) is 4.39. The van der Waals surface area contributed by atoms with Gasteiger partial charge in [-0.2, -0.15) is 13.2 Å². The van der Waals surface area contributed by atoms with Crippen LogP contribution in [0.3, 0.4) is 0 Å². The number of halogens is 3. The third-order valence-corrected chi connectivity index (χ3v) is 3.82. The summed E-state index contributed by atoms with van der Waals surface area (Å²) in [4.78, 5) is 0.923. The van der Waals surface area contributed by atoms with E-state index < -0.39 is 11.7 Å². The van der Waals surface area contributed by atoms with Gasteiger partial charge in [-0.3, -0.25) is 0 Å². The van der Waals surface area contributed by atoms with E-state index in [9.17, 15) is 13.2 Å². The Bertz CT molecular complexity index is 563. The molecule has 2 rings (SSSR count). The Morgan fingerprint density at radius 2 is 1.90 bits per heavy atom.